The van der Waals surface area contributed by atoms with E-state index in [0.29, 0.717) is 0 Å². The molecule has 0 radical (unpaired) electrons. The van der Waals surface area contributed by atoms with Crippen molar-refractivity contribution in [2.45, 2.75) is 54.0 Å². The zero-order chi connectivity index (χ0) is 16.5. The molecule has 0 saturated heterocycles. The lowest BCUT2D eigenvalue weighted by Crippen LogP contribution is -2.36. The zero-order valence-electron chi connectivity index (χ0n) is 15.0. The molecular formula is C18H32N2O2. The van der Waals surface area contributed by atoms with Crippen LogP contribution in [0.4, 0.5) is 11.4 Å². The third kappa shape index (κ3) is 4.89. The van der Waals surface area contributed by atoms with Gasteiger partial charge in [0, 0.05) is 37.7 Å². The van der Waals surface area contributed by atoms with Gasteiger partial charge < -0.3 is 19.3 Å². The predicted molar refractivity (Wildman–Crippen MR) is 94.7 cm³/mol. The maximum absolute atomic E-state index is 5.71. The molecule has 2 unspecified atom stereocenters. The van der Waals surface area contributed by atoms with E-state index in [-0.39, 0.29) is 12.5 Å². The number of hydrogen-bond donors (Lipinski definition) is 0. The van der Waals surface area contributed by atoms with E-state index in [4.69, 9.17) is 9.47 Å². The first kappa shape index (κ1) is 18.8. The monoisotopic (exact) mass is 308 g/mol. The van der Waals surface area contributed by atoms with Crippen LogP contribution in [-0.2, 0) is 9.47 Å². The lowest BCUT2D eigenvalue weighted by molar-refractivity contribution is 0.0736. The van der Waals surface area contributed by atoms with E-state index in [9.17, 15) is 0 Å². The largest absolute Gasteiger partial charge is 0.359 e. The first-order valence-electron chi connectivity index (χ1n) is 8.45. The zero-order valence-corrected chi connectivity index (χ0v) is 15.0. The molecule has 22 heavy (non-hydrogen) atoms. The summed E-state index contributed by atoms with van der Waals surface area (Å²) in [7, 11) is 0. The van der Waals surface area contributed by atoms with Crippen LogP contribution in [0.3, 0.4) is 0 Å². The first-order chi connectivity index (χ1) is 10.6. The molecule has 0 aromatic heterocycles. The topological polar surface area (TPSA) is 24.9 Å². The quantitative estimate of drug-likeness (QED) is 0.607. The van der Waals surface area contributed by atoms with Crippen molar-refractivity contribution >= 4 is 11.4 Å². The normalized spacial score (nSPS) is 13.7. The Bertz CT molecular complexity index is 369. The summed E-state index contributed by atoms with van der Waals surface area (Å²) in [6.07, 6.45) is 0.177. The molecule has 0 bridgehead atoms. The molecule has 2 atom stereocenters. The van der Waals surface area contributed by atoms with E-state index in [1.54, 1.807) is 0 Å². The molecule has 0 saturated carbocycles. The van der Waals surface area contributed by atoms with Gasteiger partial charge in [-0.15, -0.1) is 0 Å². The third-order valence-electron chi connectivity index (χ3n) is 3.89. The summed E-state index contributed by atoms with van der Waals surface area (Å²) in [5, 5.41) is 0. The van der Waals surface area contributed by atoms with E-state index in [2.05, 4.69) is 61.8 Å². The highest BCUT2D eigenvalue weighted by atomic mass is 16.5. The van der Waals surface area contributed by atoms with Gasteiger partial charge >= 0.3 is 0 Å². The predicted octanol–water partition coefficient (Wildman–Crippen LogP) is 4.10. The van der Waals surface area contributed by atoms with E-state index >= 15 is 0 Å². The van der Waals surface area contributed by atoms with Crippen molar-refractivity contribution in [2.75, 3.05) is 36.1 Å². The lowest BCUT2D eigenvalue weighted by Gasteiger charge is -2.32. The minimum absolute atomic E-state index is 0.0884. The minimum atomic E-state index is 0.0884. The van der Waals surface area contributed by atoms with Crippen LogP contribution >= 0.6 is 0 Å². The van der Waals surface area contributed by atoms with Gasteiger partial charge in [-0.05, 0) is 65.8 Å². The van der Waals surface area contributed by atoms with Crippen LogP contribution in [0, 0.1) is 0 Å². The highest BCUT2D eigenvalue weighted by Gasteiger charge is 2.15. The fourth-order valence-electron chi connectivity index (χ4n) is 2.80. The molecule has 0 N–H and O–H groups in total. The molecule has 1 rings (SSSR count). The molecule has 0 aliphatic carbocycles. The summed E-state index contributed by atoms with van der Waals surface area (Å²) in [5.41, 5.74) is 2.37. The van der Waals surface area contributed by atoms with Crippen LogP contribution in [0.15, 0.2) is 24.3 Å². The summed E-state index contributed by atoms with van der Waals surface area (Å²) in [5.74, 6) is 0. The summed E-state index contributed by atoms with van der Waals surface area (Å²) >= 11 is 0. The van der Waals surface area contributed by atoms with E-state index in [1.165, 1.54) is 11.4 Å². The molecule has 0 heterocycles. The van der Waals surface area contributed by atoms with Gasteiger partial charge in [-0.2, -0.15) is 0 Å². The van der Waals surface area contributed by atoms with Gasteiger partial charge in [-0.25, -0.2) is 0 Å². The number of anilines is 2. The molecule has 0 aliphatic rings. The minimum Gasteiger partial charge on any atom is -0.359 e. The van der Waals surface area contributed by atoms with Gasteiger partial charge in [0.2, 0.25) is 0 Å². The Balaban J connectivity index is 2.87. The second kappa shape index (κ2) is 9.70. The van der Waals surface area contributed by atoms with Gasteiger partial charge in [0.15, 0.2) is 0 Å². The Hall–Kier alpha value is -1.26. The Labute approximate surface area is 136 Å². The summed E-state index contributed by atoms with van der Waals surface area (Å²) in [6, 6.07) is 8.65. The summed E-state index contributed by atoms with van der Waals surface area (Å²) in [4.78, 5) is 4.52. The molecule has 126 valence electrons. The summed E-state index contributed by atoms with van der Waals surface area (Å²) in [6.45, 7) is 15.9. The third-order valence-corrected chi connectivity index (χ3v) is 3.89. The Morgan fingerprint density at radius 3 is 1.27 bits per heavy atom. The molecule has 0 aliphatic heterocycles. The van der Waals surface area contributed by atoms with Crippen molar-refractivity contribution < 1.29 is 9.47 Å². The van der Waals surface area contributed by atoms with Crippen LogP contribution in [0.1, 0.15) is 41.5 Å². The van der Waals surface area contributed by atoms with Gasteiger partial charge in [-0.3, -0.25) is 0 Å². The van der Waals surface area contributed by atoms with Gasteiger partial charge in [-0.1, -0.05) is 0 Å². The van der Waals surface area contributed by atoms with Crippen molar-refractivity contribution in [1.82, 2.24) is 0 Å². The molecule has 1 aromatic rings. The maximum atomic E-state index is 5.71. The number of benzene rings is 1. The maximum Gasteiger partial charge on any atom is 0.127 e. The smallest absolute Gasteiger partial charge is 0.127 e. The number of rotatable bonds is 10. The van der Waals surface area contributed by atoms with Crippen molar-refractivity contribution in [3.8, 4) is 0 Å². The van der Waals surface area contributed by atoms with E-state index in [0.717, 1.165) is 26.3 Å². The van der Waals surface area contributed by atoms with E-state index < -0.39 is 0 Å². The fraction of sp³-hybridized carbons (Fsp3) is 0.667. The van der Waals surface area contributed by atoms with Gasteiger partial charge in [0.1, 0.15) is 12.5 Å². The van der Waals surface area contributed by atoms with Gasteiger partial charge in [0.25, 0.3) is 0 Å². The molecule has 0 spiro atoms. The van der Waals surface area contributed by atoms with Crippen molar-refractivity contribution in [3.63, 3.8) is 0 Å². The molecule has 4 heteroatoms. The van der Waals surface area contributed by atoms with Crippen molar-refractivity contribution in [1.29, 1.82) is 0 Å². The average Bonchev–Trinajstić information content (AvgIpc) is 2.51. The van der Waals surface area contributed by atoms with Crippen LogP contribution in [-0.4, -0.2) is 38.8 Å². The van der Waals surface area contributed by atoms with Gasteiger partial charge in [0.05, 0.1) is 0 Å². The van der Waals surface area contributed by atoms with Crippen LogP contribution < -0.4 is 9.80 Å². The number of nitrogens with zero attached hydrogens (tertiary/aromatic N) is 2. The fourth-order valence-corrected chi connectivity index (χ4v) is 2.80. The average molecular weight is 308 g/mol. The number of hydrogen-bond acceptors (Lipinski definition) is 4. The standard InChI is InChI=1S/C18H32N2O2/c1-7-19(15(5)21-9-3)17-11-13-18(14-12-17)20(8-2)16(6)22-10-4/h11-16H,7-10H2,1-6H3. The highest BCUT2D eigenvalue weighted by molar-refractivity contribution is 5.56. The number of ether oxygens (including phenoxy) is 2. The molecule has 4 nitrogen and oxygen atoms in total. The van der Waals surface area contributed by atoms with Crippen molar-refractivity contribution in [2.24, 2.45) is 0 Å². The first-order valence-corrected chi connectivity index (χ1v) is 8.45. The molecule has 1 aromatic carbocycles. The van der Waals surface area contributed by atoms with Crippen molar-refractivity contribution in [3.05, 3.63) is 24.3 Å². The Morgan fingerprint density at radius 2 is 1.05 bits per heavy atom. The Kier molecular flexibility index (Phi) is 8.28. The summed E-state index contributed by atoms with van der Waals surface area (Å²) < 4.78 is 11.4. The van der Waals surface area contributed by atoms with Crippen LogP contribution in [0.2, 0.25) is 0 Å². The SMILES string of the molecule is CCOC(C)N(CC)c1ccc(N(CC)C(C)OCC)cc1. The molecular weight excluding hydrogens is 276 g/mol. The molecule has 0 fully saturated rings. The Morgan fingerprint density at radius 1 is 0.727 bits per heavy atom. The second-order valence-electron chi connectivity index (χ2n) is 5.20. The molecule has 0 amide bonds. The van der Waals surface area contributed by atoms with E-state index in [1.807, 2.05) is 13.8 Å². The second-order valence-corrected chi connectivity index (χ2v) is 5.20. The highest BCUT2D eigenvalue weighted by Crippen LogP contribution is 2.24. The van der Waals surface area contributed by atoms with Crippen LogP contribution in [0.25, 0.3) is 0 Å². The lowest BCUT2D eigenvalue weighted by atomic mass is 10.2. The van der Waals surface area contributed by atoms with Crippen LogP contribution in [0.5, 0.6) is 0 Å².